The smallest absolute Gasteiger partial charge is 0.347 e. The first-order chi connectivity index (χ1) is 10.3. The Bertz CT molecular complexity index is 460. The highest BCUT2D eigenvalue weighted by molar-refractivity contribution is 6.15. The maximum Gasteiger partial charge on any atom is 0.347 e. The van der Waals surface area contributed by atoms with Gasteiger partial charge in [0.2, 0.25) is 0 Å². The second kappa shape index (κ2) is 7.79. The van der Waals surface area contributed by atoms with E-state index in [1.165, 1.54) is 13.8 Å². The highest BCUT2D eigenvalue weighted by Gasteiger charge is 2.39. The van der Waals surface area contributed by atoms with Gasteiger partial charge in [-0.2, -0.15) is 0 Å². The van der Waals surface area contributed by atoms with Crippen LogP contribution in [0.3, 0.4) is 0 Å². The lowest BCUT2D eigenvalue weighted by molar-refractivity contribution is -0.309. The van der Waals surface area contributed by atoms with E-state index in [0.29, 0.717) is 13.0 Å². The third kappa shape index (κ3) is 5.36. The summed E-state index contributed by atoms with van der Waals surface area (Å²) >= 11 is 0. The molecule has 0 unspecified atom stereocenters. The quantitative estimate of drug-likeness (QED) is 0.219. The number of allylic oxidation sites excluding steroid dienone is 1. The zero-order valence-corrected chi connectivity index (χ0v) is 12.7. The Kier molecular flexibility index (Phi) is 6.36. The standard InChI is InChI=1S/C14H21NO7/c1-14(2)21-12(18)11(13(19)22-14)9(16)5-3-6-10(17)20-8-4-7-15/h16H,3-8,15H2,1-2H3/p-1. The molecule has 8 heteroatoms. The molecule has 1 rings (SSSR count). The number of carbonyl (C=O) groups is 3. The molecule has 0 aromatic carbocycles. The van der Waals surface area contributed by atoms with Crippen LogP contribution in [0, 0.1) is 0 Å². The van der Waals surface area contributed by atoms with Crippen LogP contribution in [-0.4, -0.2) is 36.8 Å². The van der Waals surface area contributed by atoms with Gasteiger partial charge in [-0.05, 0) is 25.8 Å². The van der Waals surface area contributed by atoms with Crippen molar-refractivity contribution in [2.45, 2.75) is 45.3 Å². The van der Waals surface area contributed by atoms with Crippen molar-refractivity contribution in [2.24, 2.45) is 5.73 Å². The normalized spacial score (nSPS) is 16.8. The fraction of sp³-hybridized carbons (Fsp3) is 0.643. The number of carbonyl (C=O) groups excluding carboxylic acids is 3. The predicted octanol–water partition coefficient (Wildman–Crippen LogP) is -0.501. The lowest BCUT2D eigenvalue weighted by Crippen LogP contribution is -2.43. The summed E-state index contributed by atoms with van der Waals surface area (Å²) in [6.45, 7) is 3.43. The minimum atomic E-state index is -1.38. The average Bonchev–Trinajstić information content (AvgIpc) is 2.36. The van der Waals surface area contributed by atoms with Crippen LogP contribution in [-0.2, 0) is 28.6 Å². The molecule has 1 saturated heterocycles. The van der Waals surface area contributed by atoms with Crippen LogP contribution < -0.4 is 10.8 Å². The van der Waals surface area contributed by atoms with Crippen LogP contribution in [0.1, 0.15) is 39.5 Å². The number of hydrogen-bond donors (Lipinski definition) is 1. The van der Waals surface area contributed by atoms with Gasteiger partial charge in [0.15, 0.2) is 0 Å². The summed E-state index contributed by atoms with van der Waals surface area (Å²) in [6.07, 6.45) is 0.592. The van der Waals surface area contributed by atoms with Gasteiger partial charge < -0.3 is 25.1 Å². The number of nitrogens with two attached hydrogens (primary N) is 1. The lowest BCUT2D eigenvalue weighted by atomic mass is 10.1. The van der Waals surface area contributed by atoms with Crippen molar-refractivity contribution >= 4 is 17.9 Å². The number of rotatable bonds is 7. The van der Waals surface area contributed by atoms with Crippen molar-refractivity contribution in [3.63, 3.8) is 0 Å². The fourth-order valence-electron chi connectivity index (χ4n) is 1.74. The number of hydrogen-bond acceptors (Lipinski definition) is 8. The van der Waals surface area contributed by atoms with Crippen molar-refractivity contribution in [3.05, 3.63) is 11.3 Å². The van der Waals surface area contributed by atoms with Gasteiger partial charge >= 0.3 is 17.9 Å². The zero-order valence-electron chi connectivity index (χ0n) is 12.7. The zero-order chi connectivity index (χ0) is 16.8. The largest absolute Gasteiger partial charge is 0.875 e. The molecule has 0 amide bonds. The van der Waals surface area contributed by atoms with Crippen molar-refractivity contribution in [2.75, 3.05) is 13.2 Å². The molecule has 0 aliphatic carbocycles. The maximum atomic E-state index is 11.9. The molecule has 0 aromatic rings. The molecule has 8 nitrogen and oxygen atoms in total. The van der Waals surface area contributed by atoms with E-state index < -0.39 is 35.0 Å². The van der Waals surface area contributed by atoms with Gasteiger partial charge in [0.1, 0.15) is 5.57 Å². The summed E-state index contributed by atoms with van der Waals surface area (Å²) in [5, 5.41) is 11.9. The first kappa shape index (κ1) is 18.0. The molecule has 2 N–H and O–H groups in total. The van der Waals surface area contributed by atoms with E-state index >= 15 is 0 Å². The van der Waals surface area contributed by atoms with Gasteiger partial charge in [-0.25, -0.2) is 9.59 Å². The molecule has 0 atom stereocenters. The van der Waals surface area contributed by atoms with E-state index in [2.05, 4.69) is 0 Å². The van der Waals surface area contributed by atoms with Gasteiger partial charge in [0.05, 0.1) is 6.61 Å². The minimum Gasteiger partial charge on any atom is -0.875 e. The van der Waals surface area contributed by atoms with Crippen molar-refractivity contribution in [1.82, 2.24) is 0 Å². The highest BCUT2D eigenvalue weighted by atomic mass is 16.7. The Hall–Kier alpha value is -2.09. The Morgan fingerprint density at radius 1 is 1.18 bits per heavy atom. The lowest BCUT2D eigenvalue weighted by Gasteiger charge is -2.31. The van der Waals surface area contributed by atoms with Crippen LogP contribution in [0.4, 0.5) is 0 Å². The highest BCUT2D eigenvalue weighted by Crippen LogP contribution is 2.24. The molecule has 124 valence electrons. The van der Waals surface area contributed by atoms with E-state index in [4.69, 9.17) is 19.9 Å². The SMILES string of the molecule is CC1(C)OC(=O)C(=C([O-])CCCC(=O)OCCCN)C(=O)O1. The predicted molar refractivity (Wildman–Crippen MR) is 71.8 cm³/mol. The first-order valence-corrected chi connectivity index (χ1v) is 6.99. The molecule has 0 aromatic heterocycles. The van der Waals surface area contributed by atoms with E-state index in [1.54, 1.807) is 0 Å². The van der Waals surface area contributed by atoms with Crippen LogP contribution in [0.25, 0.3) is 0 Å². The van der Waals surface area contributed by atoms with Crippen LogP contribution in [0.5, 0.6) is 0 Å². The molecule has 1 aliphatic rings. The fourth-order valence-corrected chi connectivity index (χ4v) is 1.74. The van der Waals surface area contributed by atoms with E-state index in [1.807, 2.05) is 0 Å². The molecule has 1 fully saturated rings. The number of cyclic esters (lactones) is 2. The summed E-state index contributed by atoms with van der Waals surface area (Å²) in [6, 6.07) is 0. The maximum absolute atomic E-state index is 11.9. The topological polar surface area (TPSA) is 128 Å². The van der Waals surface area contributed by atoms with Gasteiger partial charge in [-0.3, -0.25) is 4.79 Å². The first-order valence-electron chi connectivity index (χ1n) is 6.99. The Labute approximate surface area is 128 Å². The van der Waals surface area contributed by atoms with Crippen molar-refractivity contribution < 1.29 is 33.7 Å². The van der Waals surface area contributed by atoms with Crippen LogP contribution in [0.15, 0.2) is 11.3 Å². The number of ether oxygens (including phenoxy) is 3. The van der Waals surface area contributed by atoms with Gasteiger partial charge in [0, 0.05) is 20.3 Å². The second-order valence-electron chi connectivity index (χ2n) is 5.19. The Morgan fingerprint density at radius 2 is 1.77 bits per heavy atom. The molecule has 1 aliphatic heterocycles. The average molecular weight is 314 g/mol. The number of esters is 3. The summed E-state index contributed by atoms with van der Waals surface area (Å²) in [5.41, 5.74) is 4.61. The third-order valence-corrected chi connectivity index (χ3v) is 2.76. The van der Waals surface area contributed by atoms with Gasteiger partial charge in [0.25, 0.3) is 5.79 Å². The molecule has 0 spiro atoms. The minimum absolute atomic E-state index is 0.0131. The second-order valence-corrected chi connectivity index (χ2v) is 5.19. The monoisotopic (exact) mass is 314 g/mol. The summed E-state index contributed by atoms with van der Waals surface area (Å²) in [4.78, 5) is 34.6. The summed E-state index contributed by atoms with van der Waals surface area (Å²) < 4.78 is 14.5. The Morgan fingerprint density at radius 3 is 2.32 bits per heavy atom. The van der Waals surface area contributed by atoms with Gasteiger partial charge in [-0.15, -0.1) is 5.76 Å². The van der Waals surface area contributed by atoms with Crippen LogP contribution in [0.2, 0.25) is 0 Å². The van der Waals surface area contributed by atoms with E-state index in [9.17, 15) is 19.5 Å². The summed E-state index contributed by atoms with van der Waals surface area (Å²) in [7, 11) is 0. The van der Waals surface area contributed by atoms with Gasteiger partial charge in [-0.1, -0.05) is 0 Å². The van der Waals surface area contributed by atoms with Crippen molar-refractivity contribution in [3.8, 4) is 0 Å². The van der Waals surface area contributed by atoms with E-state index in [0.717, 1.165) is 0 Å². The summed E-state index contributed by atoms with van der Waals surface area (Å²) in [5.74, 6) is -4.56. The molecule has 0 saturated carbocycles. The molecule has 22 heavy (non-hydrogen) atoms. The molecular weight excluding hydrogens is 294 g/mol. The van der Waals surface area contributed by atoms with Crippen molar-refractivity contribution in [1.29, 1.82) is 0 Å². The van der Waals surface area contributed by atoms with Crippen LogP contribution >= 0.6 is 0 Å². The van der Waals surface area contributed by atoms with E-state index in [-0.39, 0.29) is 25.9 Å². The Balaban J connectivity index is 2.50. The third-order valence-electron chi connectivity index (χ3n) is 2.76. The molecule has 0 bridgehead atoms. The molecule has 1 heterocycles. The molecular formula is C14H20NO7-. The molecule has 0 radical (unpaired) electrons.